The normalized spacial score (nSPS) is 24.6. The highest BCUT2D eigenvalue weighted by Crippen LogP contribution is 2.29. The maximum absolute atomic E-state index is 13.1. The fraction of sp³-hybridized carbons (Fsp3) is 0.533. The van der Waals surface area contributed by atoms with Crippen molar-refractivity contribution in [3.63, 3.8) is 0 Å². The smallest absolute Gasteiger partial charge is 0.263 e. The minimum atomic E-state index is -0.571. The number of hydrogen-bond acceptors (Lipinski definition) is 3. The number of likely N-dealkylation sites (tertiary alicyclic amines) is 1. The van der Waals surface area contributed by atoms with Gasteiger partial charge in [0.2, 0.25) is 0 Å². The monoisotopic (exact) mass is 392 g/mol. The predicted octanol–water partition coefficient (Wildman–Crippen LogP) is 2.46. The van der Waals surface area contributed by atoms with E-state index >= 15 is 0 Å². The average Bonchev–Trinajstić information content (AvgIpc) is 3.01. The molecule has 0 radical (unpaired) electrons. The van der Waals surface area contributed by atoms with Gasteiger partial charge in [0.15, 0.2) is 6.10 Å². The minimum absolute atomic E-state index is 0. The molecule has 0 aromatic heterocycles. The van der Waals surface area contributed by atoms with E-state index in [-0.39, 0.29) is 24.1 Å². The van der Waals surface area contributed by atoms with E-state index in [0.29, 0.717) is 22.1 Å². The second-order valence-electron chi connectivity index (χ2n) is 5.76. The van der Waals surface area contributed by atoms with Crippen molar-refractivity contribution in [3.8, 4) is 5.75 Å². The summed E-state index contributed by atoms with van der Waals surface area (Å²) >= 11 is 3.25. The zero-order valence-electron chi connectivity index (χ0n) is 12.2. The molecule has 3 atom stereocenters. The van der Waals surface area contributed by atoms with Crippen LogP contribution in [-0.4, -0.2) is 43.1 Å². The first kappa shape index (κ1) is 17.5. The summed E-state index contributed by atoms with van der Waals surface area (Å²) in [5.74, 6) is 1.28. The molecular weight excluding hydrogens is 375 g/mol. The average molecular weight is 394 g/mol. The van der Waals surface area contributed by atoms with Crippen molar-refractivity contribution >= 4 is 34.2 Å². The lowest BCUT2D eigenvalue weighted by Crippen LogP contribution is -2.40. The largest absolute Gasteiger partial charge is 0.480 e. The molecule has 1 N–H and O–H groups in total. The van der Waals surface area contributed by atoms with Gasteiger partial charge in [-0.2, -0.15) is 0 Å². The molecule has 22 heavy (non-hydrogen) atoms. The van der Waals surface area contributed by atoms with E-state index in [1.165, 1.54) is 18.2 Å². The first-order chi connectivity index (χ1) is 10.0. The van der Waals surface area contributed by atoms with Crippen LogP contribution < -0.4 is 10.1 Å². The van der Waals surface area contributed by atoms with Crippen LogP contribution in [0.5, 0.6) is 5.75 Å². The van der Waals surface area contributed by atoms with Gasteiger partial charge in [0.25, 0.3) is 5.91 Å². The molecule has 2 heterocycles. The fourth-order valence-corrected chi connectivity index (χ4v) is 3.55. The van der Waals surface area contributed by atoms with Crippen molar-refractivity contribution in [2.24, 2.45) is 11.8 Å². The summed E-state index contributed by atoms with van der Waals surface area (Å²) in [6.45, 7) is 5.33. The van der Waals surface area contributed by atoms with Crippen molar-refractivity contribution in [1.82, 2.24) is 10.2 Å². The Balaban J connectivity index is 0.00000176. The van der Waals surface area contributed by atoms with Crippen molar-refractivity contribution in [2.75, 3.05) is 26.2 Å². The number of hydrogen-bond donors (Lipinski definition) is 1. The number of benzene rings is 1. The third kappa shape index (κ3) is 3.55. The SMILES string of the molecule is CC(Oc1ccc(F)cc1Br)C(=O)N1C[C@H]2CNC[C@H]2C1.Cl. The molecule has 2 saturated heterocycles. The van der Waals surface area contributed by atoms with E-state index in [2.05, 4.69) is 21.2 Å². The molecular formula is C15H19BrClFN2O2. The highest BCUT2D eigenvalue weighted by Gasteiger charge is 2.39. The summed E-state index contributed by atoms with van der Waals surface area (Å²) in [6, 6.07) is 4.19. The highest BCUT2D eigenvalue weighted by atomic mass is 79.9. The third-order valence-electron chi connectivity index (χ3n) is 4.25. The molecule has 1 aromatic rings. The molecule has 122 valence electrons. The van der Waals surface area contributed by atoms with Crippen molar-refractivity contribution in [1.29, 1.82) is 0 Å². The second kappa shape index (κ2) is 7.15. The summed E-state index contributed by atoms with van der Waals surface area (Å²) in [5.41, 5.74) is 0. The van der Waals surface area contributed by atoms with Crippen LogP contribution in [0.4, 0.5) is 4.39 Å². The molecule has 0 aliphatic carbocycles. The molecule has 2 aliphatic rings. The van der Waals surface area contributed by atoms with Crippen LogP contribution in [0.1, 0.15) is 6.92 Å². The quantitative estimate of drug-likeness (QED) is 0.858. The lowest BCUT2D eigenvalue weighted by molar-refractivity contribution is -0.137. The van der Waals surface area contributed by atoms with Gasteiger partial charge < -0.3 is 15.0 Å². The number of ether oxygens (including phenoxy) is 1. The summed E-state index contributed by atoms with van der Waals surface area (Å²) in [5, 5.41) is 3.35. The zero-order chi connectivity index (χ0) is 15.0. The number of nitrogens with zero attached hydrogens (tertiary/aromatic N) is 1. The van der Waals surface area contributed by atoms with Crippen LogP contribution in [-0.2, 0) is 4.79 Å². The number of carbonyl (C=O) groups excluding carboxylic acids is 1. The van der Waals surface area contributed by atoms with Gasteiger partial charge in [0.05, 0.1) is 4.47 Å². The van der Waals surface area contributed by atoms with Crippen LogP contribution in [0.2, 0.25) is 0 Å². The first-order valence-corrected chi connectivity index (χ1v) is 7.95. The highest BCUT2D eigenvalue weighted by molar-refractivity contribution is 9.10. The Morgan fingerprint density at radius 1 is 1.41 bits per heavy atom. The number of carbonyl (C=O) groups is 1. The van der Waals surface area contributed by atoms with E-state index in [4.69, 9.17) is 4.74 Å². The predicted molar refractivity (Wildman–Crippen MR) is 87.9 cm³/mol. The molecule has 0 saturated carbocycles. The number of halogens is 3. The fourth-order valence-electron chi connectivity index (χ4n) is 3.10. The standard InChI is InChI=1S/C15H18BrFN2O2.ClH/c1-9(21-14-3-2-12(17)4-13(14)16)15(20)19-7-10-5-18-6-11(10)8-19;/h2-4,9-11,18H,5-8H2,1H3;1H/t9?,10-,11+;. The molecule has 1 unspecified atom stereocenters. The molecule has 0 bridgehead atoms. The zero-order valence-corrected chi connectivity index (χ0v) is 14.6. The van der Waals surface area contributed by atoms with Gasteiger partial charge in [-0.3, -0.25) is 4.79 Å². The van der Waals surface area contributed by atoms with E-state index in [1.54, 1.807) is 6.92 Å². The third-order valence-corrected chi connectivity index (χ3v) is 4.87. The number of nitrogens with one attached hydrogen (secondary N) is 1. The molecule has 2 aliphatic heterocycles. The molecule has 1 amide bonds. The van der Waals surface area contributed by atoms with Crippen molar-refractivity contribution in [2.45, 2.75) is 13.0 Å². The molecule has 4 nitrogen and oxygen atoms in total. The molecule has 0 spiro atoms. The van der Waals surface area contributed by atoms with Gasteiger partial charge in [-0.15, -0.1) is 12.4 Å². The molecule has 7 heteroatoms. The van der Waals surface area contributed by atoms with Gasteiger partial charge in [0, 0.05) is 26.2 Å². The molecule has 3 rings (SSSR count). The minimum Gasteiger partial charge on any atom is -0.480 e. The summed E-state index contributed by atoms with van der Waals surface area (Å²) in [6.07, 6.45) is -0.571. The maximum Gasteiger partial charge on any atom is 0.263 e. The Kier molecular flexibility index (Phi) is 5.69. The van der Waals surface area contributed by atoms with Crippen LogP contribution in [0.15, 0.2) is 22.7 Å². The van der Waals surface area contributed by atoms with E-state index < -0.39 is 6.10 Å². The molecule has 2 fully saturated rings. The topological polar surface area (TPSA) is 41.6 Å². The van der Waals surface area contributed by atoms with Crippen LogP contribution in [0.3, 0.4) is 0 Å². The number of fused-ring (bicyclic) bond motifs is 1. The van der Waals surface area contributed by atoms with Gasteiger partial charge in [-0.05, 0) is 52.9 Å². The lowest BCUT2D eigenvalue weighted by Gasteiger charge is -2.23. The Bertz CT molecular complexity index is 548. The summed E-state index contributed by atoms with van der Waals surface area (Å²) in [4.78, 5) is 14.3. The Morgan fingerprint density at radius 3 is 2.64 bits per heavy atom. The van der Waals surface area contributed by atoms with E-state index in [9.17, 15) is 9.18 Å². The maximum atomic E-state index is 13.1. The van der Waals surface area contributed by atoms with Crippen molar-refractivity contribution in [3.05, 3.63) is 28.5 Å². The van der Waals surface area contributed by atoms with Crippen molar-refractivity contribution < 1.29 is 13.9 Å². The van der Waals surface area contributed by atoms with Gasteiger partial charge >= 0.3 is 0 Å². The van der Waals surface area contributed by atoms with E-state index in [0.717, 1.165) is 26.2 Å². The van der Waals surface area contributed by atoms with Crippen LogP contribution in [0, 0.1) is 17.7 Å². The Hall–Kier alpha value is -0.850. The van der Waals surface area contributed by atoms with Gasteiger partial charge in [0.1, 0.15) is 11.6 Å². The second-order valence-corrected chi connectivity index (χ2v) is 6.61. The Labute approximate surface area is 143 Å². The molecule has 1 aromatic carbocycles. The number of amides is 1. The number of rotatable bonds is 3. The first-order valence-electron chi connectivity index (χ1n) is 7.16. The lowest BCUT2D eigenvalue weighted by atomic mass is 10.0. The Morgan fingerprint density at radius 2 is 2.05 bits per heavy atom. The summed E-state index contributed by atoms with van der Waals surface area (Å²) < 4.78 is 19.2. The van der Waals surface area contributed by atoms with E-state index in [1.807, 2.05) is 4.90 Å². The van der Waals surface area contributed by atoms with Crippen LogP contribution in [0.25, 0.3) is 0 Å². The van der Waals surface area contributed by atoms with Gasteiger partial charge in [-0.25, -0.2) is 4.39 Å². The summed E-state index contributed by atoms with van der Waals surface area (Å²) in [7, 11) is 0. The van der Waals surface area contributed by atoms with Crippen LogP contribution >= 0.6 is 28.3 Å². The van der Waals surface area contributed by atoms with Gasteiger partial charge in [-0.1, -0.05) is 0 Å².